The average Bonchev–Trinajstić information content (AvgIpc) is 3.23. The monoisotopic (exact) mass is 569 g/mol. The quantitative estimate of drug-likeness (QED) is 0.162. The summed E-state index contributed by atoms with van der Waals surface area (Å²) in [5.74, 6) is -0.815. The standard InChI is InChI=1S/C23H25F6N3O5S/c24-22(25,26)36-17-3-1-2-13(11-17)31-21(38)32-14-4-5-15(10-14)35-16-6-7-19(37-23(27,28)29)18(12-16)20(34)30-8-9-33/h1-3,6-7,11-12,14-15,20,30,33-34H,4-5,8-10H2,(H2,31,32,38). The Bertz CT molecular complexity index is 1090. The van der Waals surface area contributed by atoms with Gasteiger partial charge in [-0.3, -0.25) is 5.32 Å². The molecule has 1 saturated carbocycles. The van der Waals surface area contributed by atoms with Crippen LogP contribution in [-0.4, -0.2) is 53.3 Å². The lowest BCUT2D eigenvalue weighted by molar-refractivity contribution is -0.276. The number of halogens is 6. The van der Waals surface area contributed by atoms with Crippen LogP contribution in [0.3, 0.4) is 0 Å². The number of nitrogens with one attached hydrogen (secondary N) is 3. The van der Waals surface area contributed by atoms with Gasteiger partial charge in [-0.25, -0.2) is 0 Å². The summed E-state index contributed by atoms with van der Waals surface area (Å²) in [5.41, 5.74) is 0.0696. The molecule has 3 atom stereocenters. The fourth-order valence-corrected chi connectivity index (χ4v) is 4.12. The molecule has 0 aromatic heterocycles. The van der Waals surface area contributed by atoms with Crippen molar-refractivity contribution in [2.75, 3.05) is 18.5 Å². The van der Waals surface area contributed by atoms with E-state index in [2.05, 4.69) is 25.4 Å². The predicted octanol–water partition coefficient (Wildman–Crippen LogP) is 4.34. The van der Waals surface area contributed by atoms with Crippen LogP contribution in [0.25, 0.3) is 0 Å². The Balaban J connectivity index is 1.57. The molecule has 210 valence electrons. The van der Waals surface area contributed by atoms with Gasteiger partial charge in [-0.15, -0.1) is 26.3 Å². The third-order valence-electron chi connectivity index (χ3n) is 5.30. The number of alkyl halides is 6. The van der Waals surface area contributed by atoms with Crippen LogP contribution in [0.15, 0.2) is 42.5 Å². The summed E-state index contributed by atoms with van der Waals surface area (Å²) < 4.78 is 89.3. The molecule has 2 aromatic rings. The van der Waals surface area contributed by atoms with Gasteiger partial charge >= 0.3 is 12.7 Å². The maximum Gasteiger partial charge on any atom is 0.573 e. The summed E-state index contributed by atoms with van der Waals surface area (Å²) in [4.78, 5) is 0. The van der Waals surface area contributed by atoms with Crippen LogP contribution in [0.5, 0.6) is 17.2 Å². The van der Waals surface area contributed by atoms with Gasteiger partial charge in [-0.1, -0.05) is 6.07 Å². The number of ether oxygens (including phenoxy) is 3. The molecule has 38 heavy (non-hydrogen) atoms. The molecule has 15 heteroatoms. The van der Waals surface area contributed by atoms with Gasteiger partial charge in [-0.2, -0.15) is 0 Å². The zero-order valence-electron chi connectivity index (χ0n) is 19.6. The Morgan fingerprint density at radius 3 is 2.42 bits per heavy atom. The summed E-state index contributed by atoms with van der Waals surface area (Å²) in [6.07, 6.45) is -9.99. The van der Waals surface area contributed by atoms with E-state index < -0.39 is 30.5 Å². The first-order chi connectivity index (χ1) is 17.8. The van der Waals surface area contributed by atoms with E-state index in [-0.39, 0.29) is 47.4 Å². The van der Waals surface area contributed by atoms with E-state index in [0.717, 1.165) is 18.2 Å². The van der Waals surface area contributed by atoms with Crippen molar-refractivity contribution >= 4 is 23.0 Å². The molecule has 0 aliphatic heterocycles. The number of aliphatic hydroxyl groups is 2. The highest BCUT2D eigenvalue weighted by atomic mass is 32.1. The Kier molecular flexibility index (Phi) is 9.87. The van der Waals surface area contributed by atoms with E-state index in [4.69, 9.17) is 22.1 Å². The number of benzene rings is 2. The first-order valence-electron chi connectivity index (χ1n) is 11.3. The first kappa shape index (κ1) is 29.5. The lowest BCUT2D eigenvalue weighted by Crippen LogP contribution is -2.36. The van der Waals surface area contributed by atoms with Gasteiger partial charge in [0.25, 0.3) is 0 Å². The molecule has 1 aliphatic rings. The van der Waals surface area contributed by atoms with Gasteiger partial charge in [0, 0.05) is 36.3 Å². The zero-order chi connectivity index (χ0) is 27.9. The Morgan fingerprint density at radius 1 is 1.00 bits per heavy atom. The second-order valence-corrected chi connectivity index (χ2v) is 8.66. The topological polar surface area (TPSA) is 104 Å². The zero-order valence-corrected chi connectivity index (χ0v) is 20.4. The second-order valence-electron chi connectivity index (χ2n) is 8.25. The van der Waals surface area contributed by atoms with E-state index in [1.54, 1.807) is 0 Å². The van der Waals surface area contributed by atoms with Crippen molar-refractivity contribution in [2.24, 2.45) is 0 Å². The molecule has 0 amide bonds. The molecule has 0 radical (unpaired) electrons. The van der Waals surface area contributed by atoms with Crippen LogP contribution in [0, 0.1) is 0 Å². The van der Waals surface area contributed by atoms with Crippen molar-refractivity contribution in [3.8, 4) is 17.2 Å². The molecule has 2 aromatic carbocycles. The molecule has 0 bridgehead atoms. The lowest BCUT2D eigenvalue weighted by atomic mass is 10.1. The third-order valence-corrected chi connectivity index (χ3v) is 5.52. The van der Waals surface area contributed by atoms with E-state index in [1.807, 2.05) is 0 Å². The number of hydrogen-bond acceptors (Lipinski definition) is 7. The molecule has 0 saturated heterocycles. The van der Waals surface area contributed by atoms with E-state index in [1.165, 1.54) is 24.3 Å². The van der Waals surface area contributed by atoms with Crippen molar-refractivity contribution < 1.29 is 50.8 Å². The number of rotatable bonds is 10. The Morgan fingerprint density at radius 2 is 1.74 bits per heavy atom. The highest BCUT2D eigenvalue weighted by molar-refractivity contribution is 7.80. The number of anilines is 1. The van der Waals surface area contributed by atoms with Gasteiger partial charge in [0.1, 0.15) is 29.6 Å². The molecular formula is C23H25F6N3O5S. The average molecular weight is 570 g/mol. The summed E-state index contributed by atoms with van der Waals surface area (Å²) >= 11 is 5.25. The number of hydrogen-bond donors (Lipinski definition) is 5. The summed E-state index contributed by atoms with van der Waals surface area (Å²) in [7, 11) is 0. The first-order valence-corrected chi connectivity index (χ1v) is 11.7. The van der Waals surface area contributed by atoms with Crippen molar-refractivity contribution in [3.05, 3.63) is 48.0 Å². The smallest absolute Gasteiger partial charge is 0.490 e. The highest BCUT2D eigenvalue weighted by Gasteiger charge is 2.34. The van der Waals surface area contributed by atoms with Crippen molar-refractivity contribution in [3.63, 3.8) is 0 Å². The minimum atomic E-state index is -4.97. The normalized spacial score (nSPS) is 18.5. The summed E-state index contributed by atoms with van der Waals surface area (Å²) in [6, 6.07) is 8.59. The van der Waals surface area contributed by atoms with Crippen molar-refractivity contribution in [1.29, 1.82) is 0 Å². The van der Waals surface area contributed by atoms with E-state index in [9.17, 15) is 31.4 Å². The predicted molar refractivity (Wildman–Crippen MR) is 128 cm³/mol. The van der Waals surface area contributed by atoms with Gasteiger partial charge < -0.3 is 35.1 Å². The van der Waals surface area contributed by atoms with Crippen LogP contribution < -0.4 is 30.2 Å². The largest absolute Gasteiger partial charge is 0.573 e. The molecule has 1 aliphatic carbocycles. The molecule has 0 heterocycles. The SMILES string of the molecule is OCCNC(O)c1cc(OC2CCC(NC(=S)Nc3cccc(OC(F)(F)F)c3)C2)ccc1OC(F)(F)F. The number of thiocarbonyl (C=S) groups is 1. The third kappa shape index (κ3) is 9.70. The lowest BCUT2D eigenvalue weighted by Gasteiger charge is -2.21. The molecule has 0 spiro atoms. The number of aliphatic hydroxyl groups excluding tert-OH is 2. The van der Waals surface area contributed by atoms with Crippen molar-refractivity contribution in [2.45, 2.75) is 50.4 Å². The van der Waals surface area contributed by atoms with Crippen LogP contribution in [0.4, 0.5) is 32.0 Å². The summed E-state index contributed by atoms with van der Waals surface area (Å²) in [6.45, 7) is -0.413. The van der Waals surface area contributed by atoms with Gasteiger partial charge in [-0.05, 0) is 55.4 Å². The van der Waals surface area contributed by atoms with Gasteiger partial charge in [0.2, 0.25) is 0 Å². The van der Waals surface area contributed by atoms with Crippen molar-refractivity contribution in [1.82, 2.24) is 10.6 Å². The Hall–Kier alpha value is -3.01. The van der Waals surface area contributed by atoms with E-state index in [0.29, 0.717) is 19.3 Å². The molecule has 5 N–H and O–H groups in total. The minimum Gasteiger partial charge on any atom is -0.490 e. The highest BCUT2D eigenvalue weighted by Crippen LogP contribution is 2.34. The maximum atomic E-state index is 12.8. The molecule has 1 fully saturated rings. The molecular weight excluding hydrogens is 544 g/mol. The fourth-order valence-electron chi connectivity index (χ4n) is 3.84. The molecule has 8 nitrogen and oxygen atoms in total. The molecule has 3 rings (SSSR count). The Labute approximate surface area is 218 Å². The maximum absolute atomic E-state index is 12.8. The molecule has 3 unspecified atom stereocenters. The van der Waals surface area contributed by atoms with E-state index >= 15 is 0 Å². The fraction of sp³-hybridized carbons (Fsp3) is 0.435. The second kappa shape index (κ2) is 12.7. The minimum absolute atomic E-state index is 0.0682. The summed E-state index contributed by atoms with van der Waals surface area (Å²) in [5, 5.41) is 27.6. The van der Waals surface area contributed by atoms with Gasteiger partial charge in [0.05, 0.1) is 6.61 Å². The van der Waals surface area contributed by atoms with Crippen LogP contribution in [-0.2, 0) is 0 Å². The van der Waals surface area contributed by atoms with Crippen LogP contribution >= 0.6 is 12.2 Å². The van der Waals surface area contributed by atoms with Crippen LogP contribution in [0.1, 0.15) is 31.1 Å². The van der Waals surface area contributed by atoms with Crippen LogP contribution in [0.2, 0.25) is 0 Å². The van der Waals surface area contributed by atoms with Gasteiger partial charge in [0.15, 0.2) is 5.11 Å².